The Bertz CT molecular complexity index is 1060. The van der Waals surface area contributed by atoms with Crippen LogP contribution < -0.4 is 9.47 Å². The van der Waals surface area contributed by atoms with Crippen LogP contribution in [0.2, 0.25) is 0 Å². The molecule has 0 bridgehead atoms. The Morgan fingerprint density at radius 3 is 2.55 bits per heavy atom. The van der Waals surface area contributed by atoms with Crippen molar-refractivity contribution in [1.82, 2.24) is 14.9 Å². The van der Waals surface area contributed by atoms with Crippen LogP contribution in [0.25, 0.3) is 17.3 Å². The van der Waals surface area contributed by atoms with Gasteiger partial charge in [0, 0.05) is 48.4 Å². The molecule has 31 heavy (non-hydrogen) atoms. The number of hydrogen-bond donors (Lipinski definition) is 0. The Hall–Kier alpha value is -3.19. The number of carbonyl (C=O) groups excluding carboxylic acids is 1. The van der Waals surface area contributed by atoms with Crippen molar-refractivity contribution in [2.45, 2.75) is 18.8 Å². The first-order valence-corrected chi connectivity index (χ1v) is 11.1. The number of likely N-dealkylation sites (tertiary alicyclic amines) is 1. The summed E-state index contributed by atoms with van der Waals surface area (Å²) in [7, 11) is 3.20. The van der Waals surface area contributed by atoms with Crippen LogP contribution in [0.1, 0.15) is 29.3 Å². The van der Waals surface area contributed by atoms with Gasteiger partial charge in [0.15, 0.2) is 11.5 Å². The van der Waals surface area contributed by atoms with E-state index < -0.39 is 0 Å². The fraction of sp³-hybridized carbons (Fsp3) is 0.292. The van der Waals surface area contributed by atoms with Crippen LogP contribution in [0, 0.1) is 0 Å². The first-order valence-electron chi connectivity index (χ1n) is 10.2. The summed E-state index contributed by atoms with van der Waals surface area (Å²) < 4.78 is 10.6. The molecule has 0 radical (unpaired) electrons. The van der Waals surface area contributed by atoms with E-state index in [1.54, 1.807) is 44.0 Å². The van der Waals surface area contributed by atoms with Crippen LogP contribution in [0.3, 0.4) is 0 Å². The van der Waals surface area contributed by atoms with Gasteiger partial charge < -0.3 is 14.4 Å². The first-order chi connectivity index (χ1) is 15.2. The van der Waals surface area contributed by atoms with Gasteiger partial charge in [0.05, 0.1) is 24.9 Å². The molecule has 0 saturated carbocycles. The highest BCUT2D eigenvalue weighted by atomic mass is 32.1. The monoisotopic (exact) mass is 435 g/mol. The molecule has 1 aliphatic heterocycles. The molecule has 4 rings (SSSR count). The molecule has 0 atom stereocenters. The zero-order valence-electron chi connectivity index (χ0n) is 17.7. The molecular weight excluding hydrogens is 410 g/mol. The highest BCUT2D eigenvalue weighted by Crippen LogP contribution is 2.33. The maximum Gasteiger partial charge on any atom is 0.246 e. The Labute approximate surface area is 186 Å². The predicted molar refractivity (Wildman–Crippen MR) is 122 cm³/mol. The van der Waals surface area contributed by atoms with Gasteiger partial charge in [-0.1, -0.05) is 6.07 Å². The van der Waals surface area contributed by atoms with Crippen molar-refractivity contribution in [1.29, 1.82) is 0 Å². The third-order valence-corrected chi connectivity index (χ3v) is 6.49. The van der Waals surface area contributed by atoms with E-state index in [0.717, 1.165) is 47.8 Å². The molecule has 0 N–H and O–H groups in total. The lowest BCUT2D eigenvalue weighted by Gasteiger charge is -2.30. The van der Waals surface area contributed by atoms with E-state index in [4.69, 9.17) is 14.5 Å². The summed E-state index contributed by atoms with van der Waals surface area (Å²) in [4.78, 5) is 23.4. The number of carbonyl (C=O) groups is 1. The molecule has 1 aromatic carbocycles. The van der Waals surface area contributed by atoms with E-state index in [0.29, 0.717) is 17.4 Å². The molecule has 1 saturated heterocycles. The minimum atomic E-state index is 0.0323. The van der Waals surface area contributed by atoms with Gasteiger partial charge in [0.1, 0.15) is 0 Å². The molecule has 0 spiro atoms. The minimum Gasteiger partial charge on any atom is -0.493 e. The minimum absolute atomic E-state index is 0.0323. The molecule has 0 aliphatic carbocycles. The van der Waals surface area contributed by atoms with Gasteiger partial charge >= 0.3 is 0 Å². The molecule has 3 aromatic rings. The van der Waals surface area contributed by atoms with E-state index in [9.17, 15) is 4.79 Å². The molecule has 2 aromatic heterocycles. The van der Waals surface area contributed by atoms with Gasteiger partial charge in [0.2, 0.25) is 5.91 Å². The SMILES string of the molecule is COc1ccc(C=CC(=O)N2CCC(c3nc(-c4ccncc4)cs3)CC2)cc1OC. The highest BCUT2D eigenvalue weighted by molar-refractivity contribution is 7.10. The molecule has 160 valence electrons. The number of amides is 1. The molecule has 1 fully saturated rings. The number of hydrogen-bond acceptors (Lipinski definition) is 6. The first kappa shape index (κ1) is 21.1. The topological polar surface area (TPSA) is 64.5 Å². The van der Waals surface area contributed by atoms with Crippen molar-refractivity contribution in [3.63, 3.8) is 0 Å². The number of thiazole rings is 1. The Morgan fingerprint density at radius 1 is 1.10 bits per heavy atom. The Balaban J connectivity index is 1.34. The average molecular weight is 436 g/mol. The second-order valence-corrected chi connectivity index (χ2v) is 8.24. The maximum atomic E-state index is 12.6. The van der Waals surface area contributed by atoms with E-state index in [1.807, 2.05) is 41.3 Å². The van der Waals surface area contributed by atoms with E-state index in [1.165, 1.54) is 0 Å². The lowest BCUT2D eigenvalue weighted by Crippen LogP contribution is -2.36. The number of nitrogens with zero attached hydrogens (tertiary/aromatic N) is 3. The lowest BCUT2D eigenvalue weighted by molar-refractivity contribution is -0.126. The molecular formula is C24H25N3O3S. The smallest absolute Gasteiger partial charge is 0.246 e. The second-order valence-electron chi connectivity index (χ2n) is 7.35. The normalized spacial score (nSPS) is 14.7. The van der Waals surface area contributed by atoms with Crippen LogP contribution in [0.5, 0.6) is 11.5 Å². The van der Waals surface area contributed by atoms with Gasteiger partial charge in [-0.05, 0) is 48.7 Å². The number of methoxy groups -OCH3 is 2. The summed E-state index contributed by atoms with van der Waals surface area (Å²) in [5.74, 6) is 1.75. The van der Waals surface area contributed by atoms with E-state index in [-0.39, 0.29) is 5.91 Å². The predicted octanol–water partition coefficient (Wildman–Crippen LogP) is 4.64. The van der Waals surface area contributed by atoms with Gasteiger partial charge in [-0.3, -0.25) is 9.78 Å². The van der Waals surface area contributed by atoms with E-state index >= 15 is 0 Å². The third kappa shape index (κ3) is 4.94. The van der Waals surface area contributed by atoms with Gasteiger partial charge in [-0.25, -0.2) is 4.98 Å². The molecule has 1 amide bonds. The fourth-order valence-corrected chi connectivity index (χ4v) is 4.71. The average Bonchev–Trinajstić information content (AvgIpc) is 3.33. The number of benzene rings is 1. The summed E-state index contributed by atoms with van der Waals surface area (Å²) >= 11 is 1.70. The number of aromatic nitrogens is 2. The van der Waals surface area contributed by atoms with Crippen molar-refractivity contribution < 1.29 is 14.3 Å². The molecule has 6 nitrogen and oxygen atoms in total. The molecule has 0 unspecified atom stereocenters. The molecule has 3 heterocycles. The standard InChI is InChI=1S/C24H25N3O3S/c1-29-21-5-3-17(15-22(21)30-2)4-6-23(28)27-13-9-19(10-14-27)24-26-20(16-31-24)18-7-11-25-12-8-18/h3-8,11-12,15-16,19H,9-10,13-14H2,1-2H3. The summed E-state index contributed by atoms with van der Waals surface area (Å²) in [6, 6.07) is 9.55. The highest BCUT2D eigenvalue weighted by Gasteiger charge is 2.25. The molecule has 7 heteroatoms. The second kappa shape index (κ2) is 9.75. The van der Waals surface area contributed by atoms with Gasteiger partial charge in [0.25, 0.3) is 0 Å². The summed E-state index contributed by atoms with van der Waals surface area (Å²) in [6.45, 7) is 1.48. The van der Waals surface area contributed by atoms with Crippen LogP contribution >= 0.6 is 11.3 Å². The quantitative estimate of drug-likeness (QED) is 0.528. The van der Waals surface area contributed by atoms with Crippen LogP contribution in [0.15, 0.2) is 54.2 Å². The fourth-order valence-electron chi connectivity index (χ4n) is 3.71. The zero-order chi connectivity index (χ0) is 21.6. The van der Waals surface area contributed by atoms with Gasteiger partial charge in [-0.15, -0.1) is 11.3 Å². The van der Waals surface area contributed by atoms with Crippen molar-refractivity contribution in [3.05, 3.63) is 64.8 Å². The summed E-state index contributed by atoms with van der Waals surface area (Å²) in [6.07, 6.45) is 8.88. The van der Waals surface area contributed by atoms with Gasteiger partial charge in [-0.2, -0.15) is 0 Å². The number of piperidine rings is 1. The Kier molecular flexibility index (Phi) is 6.62. The maximum absolute atomic E-state index is 12.6. The number of pyridine rings is 1. The Morgan fingerprint density at radius 2 is 1.84 bits per heavy atom. The van der Waals surface area contributed by atoms with Crippen molar-refractivity contribution in [3.8, 4) is 22.8 Å². The summed E-state index contributed by atoms with van der Waals surface area (Å²) in [5, 5.41) is 3.26. The number of rotatable bonds is 6. The molecule has 1 aliphatic rings. The summed E-state index contributed by atoms with van der Waals surface area (Å²) in [5.41, 5.74) is 2.98. The van der Waals surface area contributed by atoms with Crippen LogP contribution in [-0.2, 0) is 4.79 Å². The largest absolute Gasteiger partial charge is 0.493 e. The van der Waals surface area contributed by atoms with Crippen molar-refractivity contribution in [2.75, 3.05) is 27.3 Å². The lowest BCUT2D eigenvalue weighted by atomic mass is 9.97. The van der Waals surface area contributed by atoms with Crippen molar-refractivity contribution in [2.24, 2.45) is 0 Å². The van der Waals surface area contributed by atoms with Crippen LogP contribution in [0.4, 0.5) is 0 Å². The number of ether oxygens (including phenoxy) is 2. The van der Waals surface area contributed by atoms with E-state index in [2.05, 4.69) is 10.4 Å². The third-order valence-electron chi connectivity index (χ3n) is 5.48. The zero-order valence-corrected chi connectivity index (χ0v) is 18.5. The van der Waals surface area contributed by atoms with Crippen LogP contribution in [-0.4, -0.2) is 48.1 Å². The van der Waals surface area contributed by atoms with Crippen molar-refractivity contribution >= 4 is 23.3 Å².